The Balaban J connectivity index is 2.51. The lowest BCUT2D eigenvalue weighted by atomic mass is 9.92. The van der Waals surface area contributed by atoms with Crippen LogP contribution in [0, 0.1) is 11.8 Å². The van der Waals surface area contributed by atoms with E-state index in [1.165, 1.54) is 24.1 Å². The first-order valence-electron chi connectivity index (χ1n) is 6.90. The SMILES string of the molecule is CCCNC(CC(C)CC(C)C)c1cccs1. The van der Waals surface area contributed by atoms with Crippen molar-refractivity contribution in [3.05, 3.63) is 22.4 Å². The van der Waals surface area contributed by atoms with E-state index in [1.807, 2.05) is 11.3 Å². The predicted octanol–water partition coefficient (Wildman–Crippen LogP) is 4.86. The van der Waals surface area contributed by atoms with Crippen LogP contribution in [0.5, 0.6) is 0 Å². The molecular formula is C15H27NS. The van der Waals surface area contributed by atoms with Crippen LogP contribution in [0.15, 0.2) is 17.5 Å². The molecule has 0 bridgehead atoms. The maximum absolute atomic E-state index is 3.69. The standard InChI is InChI=1S/C15H27NS/c1-5-8-16-14(15-7-6-9-17-15)11-13(4)10-12(2)3/h6-7,9,12-14,16H,5,8,10-11H2,1-4H3. The smallest absolute Gasteiger partial charge is 0.0417 e. The fraction of sp³-hybridized carbons (Fsp3) is 0.733. The Labute approximate surface area is 111 Å². The summed E-state index contributed by atoms with van der Waals surface area (Å²) < 4.78 is 0. The molecule has 0 fully saturated rings. The van der Waals surface area contributed by atoms with Crippen molar-refractivity contribution in [1.82, 2.24) is 5.32 Å². The van der Waals surface area contributed by atoms with Gasteiger partial charge in [0.2, 0.25) is 0 Å². The Morgan fingerprint density at radius 2 is 2.00 bits per heavy atom. The summed E-state index contributed by atoms with van der Waals surface area (Å²) in [7, 11) is 0. The van der Waals surface area contributed by atoms with Crippen molar-refractivity contribution >= 4 is 11.3 Å². The molecule has 0 spiro atoms. The molecule has 0 saturated carbocycles. The van der Waals surface area contributed by atoms with Crippen LogP contribution < -0.4 is 5.32 Å². The largest absolute Gasteiger partial charge is 0.309 e. The molecule has 1 rings (SSSR count). The minimum Gasteiger partial charge on any atom is -0.309 e. The van der Waals surface area contributed by atoms with Crippen LogP contribution in [0.4, 0.5) is 0 Å². The zero-order chi connectivity index (χ0) is 12.7. The summed E-state index contributed by atoms with van der Waals surface area (Å²) in [4.78, 5) is 1.49. The van der Waals surface area contributed by atoms with Crippen molar-refractivity contribution < 1.29 is 0 Å². The van der Waals surface area contributed by atoms with Crippen LogP contribution >= 0.6 is 11.3 Å². The van der Waals surface area contributed by atoms with Gasteiger partial charge in [0.1, 0.15) is 0 Å². The normalized spacial score (nSPS) is 15.1. The lowest BCUT2D eigenvalue weighted by molar-refractivity contribution is 0.359. The third-order valence-electron chi connectivity index (χ3n) is 3.04. The van der Waals surface area contributed by atoms with Crippen LogP contribution in [-0.2, 0) is 0 Å². The number of hydrogen-bond donors (Lipinski definition) is 1. The molecule has 1 aromatic heterocycles. The van der Waals surface area contributed by atoms with Crippen LogP contribution in [0.2, 0.25) is 0 Å². The number of hydrogen-bond acceptors (Lipinski definition) is 2. The first-order chi connectivity index (χ1) is 8.13. The van der Waals surface area contributed by atoms with Gasteiger partial charge in [-0.1, -0.05) is 33.8 Å². The Bertz CT molecular complexity index is 279. The molecule has 98 valence electrons. The first kappa shape index (κ1) is 14.7. The van der Waals surface area contributed by atoms with Gasteiger partial charge in [-0.25, -0.2) is 0 Å². The van der Waals surface area contributed by atoms with E-state index in [9.17, 15) is 0 Å². The Hall–Kier alpha value is -0.340. The summed E-state index contributed by atoms with van der Waals surface area (Å²) in [6.45, 7) is 10.4. The fourth-order valence-electron chi connectivity index (χ4n) is 2.41. The van der Waals surface area contributed by atoms with Gasteiger partial charge in [0.25, 0.3) is 0 Å². The summed E-state index contributed by atoms with van der Waals surface area (Å²) in [6, 6.07) is 4.98. The van der Waals surface area contributed by atoms with Crippen LogP contribution in [-0.4, -0.2) is 6.54 Å². The second-order valence-corrected chi connectivity index (χ2v) is 6.47. The zero-order valence-electron chi connectivity index (χ0n) is 11.7. The fourth-order valence-corrected chi connectivity index (χ4v) is 3.23. The highest BCUT2D eigenvalue weighted by Gasteiger charge is 2.16. The Kier molecular flexibility index (Phi) is 6.83. The number of nitrogens with one attached hydrogen (secondary N) is 1. The molecule has 0 saturated heterocycles. The van der Waals surface area contributed by atoms with Crippen molar-refractivity contribution in [3.63, 3.8) is 0 Å². The first-order valence-corrected chi connectivity index (χ1v) is 7.78. The lowest BCUT2D eigenvalue weighted by Crippen LogP contribution is -2.23. The molecule has 0 aromatic carbocycles. The Morgan fingerprint density at radius 3 is 2.53 bits per heavy atom. The summed E-state index contributed by atoms with van der Waals surface area (Å²) >= 11 is 1.88. The van der Waals surface area contributed by atoms with Crippen LogP contribution in [0.25, 0.3) is 0 Å². The minimum atomic E-state index is 0.559. The van der Waals surface area contributed by atoms with E-state index >= 15 is 0 Å². The van der Waals surface area contributed by atoms with Crippen LogP contribution in [0.3, 0.4) is 0 Å². The average molecular weight is 253 g/mol. The van der Waals surface area contributed by atoms with E-state index in [-0.39, 0.29) is 0 Å². The van der Waals surface area contributed by atoms with Gasteiger partial charge in [-0.3, -0.25) is 0 Å². The van der Waals surface area contributed by atoms with E-state index in [0.29, 0.717) is 6.04 Å². The van der Waals surface area contributed by atoms with E-state index < -0.39 is 0 Å². The molecule has 0 amide bonds. The summed E-state index contributed by atoms with van der Waals surface area (Å²) in [5.41, 5.74) is 0. The summed E-state index contributed by atoms with van der Waals surface area (Å²) in [5, 5.41) is 5.87. The molecule has 1 N–H and O–H groups in total. The summed E-state index contributed by atoms with van der Waals surface area (Å²) in [6.07, 6.45) is 3.80. The molecule has 2 heteroatoms. The Morgan fingerprint density at radius 1 is 1.24 bits per heavy atom. The molecule has 17 heavy (non-hydrogen) atoms. The third-order valence-corrected chi connectivity index (χ3v) is 4.03. The highest BCUT2D eigenvalue weighted by molar-refractivity contribution is 7.10. The molecule has 1 nitrogen and oxygen atoms in total. The predicted molar refractivity (Wildman–Crippen MR) is 78.6 cm³/mol. The molecular weight excluding hydrogens is 226 g/mol. The summed E-state index contributed by atoms with van der Waals surface area (Å²) in [5.74, 6) is 1.60. The molecule has 1 aromatic rings. The zero-order valence-corrected chi connectivity index (χ0v) is 12.5. The topological polar surface area (TPSA) is 12.0 Å². The van der Waals surface area contributed by atoms with Gasteiger partial charge < -0.3 is 5.32 Å². The van der Waals surface area contributed by atoms with E-state index in [0.717, 1.165) is 18.4 Å². The quantitative estimate of drug-likeness (QED) is 0.697. The number of thiophene rings is 1. The van der Waals surface area contributed by atoms with Crippen molar-refractivity contribution in [2.45, 2.75) is 53.0 Å². The van der Waals surface area contributed by atoms with Crippen LogP contribution in [0.1, 0.15) is 57.9 Å². The van der Waals surface area contributed by atoms with E-state index in [2.05, 4.69) is 50.5 Å². The minimum absolute atomic E-state index is 0.559. The third kappa shape index (κ3) is 5.69. The van der Waals surface area contributed by atoms with Gasteiger partial charge in [0, 0.05) is 10.9 Å². The second-order valence-electron chi connectivity index (χ2n) is 5.49. The average Bonchev–Trinajstić information content (AvgIpc) is 2.76. The molecule has 0 aliphatic rings. The highest BCUT2D eigenvalue weighted by atomic mass is 32.1. The van der Waals surface area contributed by atoms with Gasteiger partial charge in [-0.2, -0.15) is 0 Å². The lowest BCUT2D eigenvalue weighted by Gasteiger charge is -2.22. The molecule has 0 aliphatic carbocycles. The van der Waals surface area contributed by atoms with Gasteiger partial charge in [0.05, 0.1) is 0 Å². The molecule has 2 atom stereocenters. The van der Waals surface area contributed by atoms with Gasteiger partial charge in [-0.05, 0) is 49.1 Å². The van der Waals surface area contributed by atoms with E-state index in [1.54, 1.807) is 0 Å². The molecule has 0 aliphatic heterocycles. The van der Waals surface area contributed by atoms with E-state index in [4.69, 9.17) is 0 Å². The van der Waals surface area contributed by atoms with Gasteiger partial charge >= 0.3 is 0 Å². The maximum atomic E-state index is 3.69. The molecule has 0 radical (unpaired) electrons. The van der Waals surface area contributed by atoms with Crippen molar-refractivity contribution in [2.75, 3.05) is 6.54 Å². The van der Waals surface area contributed by atoms with Crippen molar-refractivity contribution in [1.29, 1.82) is 0 Å². The molecule has 2 unspecified atom stereocenters. The van der Waals surface area contributed by atoms with Crippen molar-refractivity contribution in [3.8, 4) is 0 Å². The van der Waals surface area contributed by atoms with Gasteiger partial charge in [-0.15, -0.1) is 11.3 Å². The van der Waals surface area contributed by atoms with Crippen molar-refractivity contribution in [2.24, 2.45) is 11.8 Å². The second kappa shape index (κ2) is 7.88. The highest BCUT2D eigenvalue weighted by Crippen LogP contribution is 2.28. The monoisotopic (exact) mass is 253 g/mol. The molecule has 1 heterocycles. The maximum Gasteiger partial charge on any atom is 0.0417 e. The number of rotatable bonds is 8. The van der Waals surface area contributed by atoms with Gasteiger partial charge in [0.15, 0.2) is 0 Å².